The number of alkyl halides is 2. The Morgan fingerprint density at radius 3 is 2.61 bits per heavy atom. The first kappa shape index (κ1) is 19.8. The number of anilines is 1. The molecule has 0 atom stereocenters. The van der Waals surface area contributed by atoms with Crippen LogP contribution in [0.3, 0.4) is 0 Å². The molecule has 0 amide bonds. The van der Waals surface area contributed by atoms with Gasteiger partial charge in [-0.2, -0.15) is 0 Å². The summed E-state index contributed by atoms with van der Waals surface area (Å²) < 4.78 is 33.4. The van der Waals surface area contributed by atoms with Gasteiger partial charge in [-0.05, 0) is 24.2 Å². The number of aromatic nitrogens is 2. The molecule has 1 aromatic carbocycles. The van der Waals surface area contributed by atoms with E-state index in [1.54, 1.807) is 18.2 Å². The van der Waals surface area contributed by atoms with Gasteiger partial charge in [0.05, 0.1) is 16.7 Å². The Bertz CT molecular complexity index is 645. The maximum atomic E-state index is 13.2. The van der Waals surface area contributed by atoms with Crippen molar-refractivity contribution in [2.75, 3.05) is 12.0 Å². The molecule has 1 heterocycles. The van der Waals surface area contributed by atoms with Crippen molar-refractivity contribution in [3.8, 4) is 0 Å². The number of imidazole rings is 1. The van der Waals surface area contributed by atoms with Crippen LogP contribution in [0.15, 0.2) is 18.2 Å². The molecule has 0 aliphatic heterocycles. The Morgan fingerprint density at radius 2 is 2.04 bits per heavy atom. The molecule has 9 heteroatoms. The summed E-state index contributed by atoms with van der Waals surface area (Å²) in [6.45, 7) is 7.36. The fourth-order valence-corrected chi connectivity index (χ4v) is 2.82. The smallest absolute Gasteiger partial charge is 0.295 e. The molecule has 0 saturated heterocycles. The number of fused-ring (bicyclic) bond motifs is 1. The molecule has 5 nitrogen and oxygen atoms in total. The van der Waals surface area contributed by atoms with Gasteiger partial charge in [-0.3, -0.25) is 10.4 Å². The molecule has 0 radical (unpaired) electrons. The number of hydrogen-bond donors (Lipinski definition) is 2. The van der Waals surface area contributed by atoms with Crippen molar-refractivity contribution >= 4 is 37.2 Å². The molecule has 2 rings (SSSR count). The van der Waals surface area contributed by atoms with Gasteiger partial charge >= 0.3 is 0 Å². The van der Waals surface area contributed by atoms with Crippen LogP contribution in [0.1, 0.15) is 12.2 Å². The van der Waals surface area contributed by atoms with E-state index in [0.29, 0.717) is 23.3 Å². The first-order valence-electron chi connectivity index (χ1n) is 7.14. The second kappa shape index (κ2) is 8.05. The molecule has 3 N–H and O–H groups in total. The Balaban J connectivity index is 0.00000264. The lowest BCUT2D eigenvalue weighted by Crippen LogP contribution is -2.22. The van der Waals surface area contributed by atoms with Gasteiger partial charge in [0.1, 0.15) is 6.73 Å². The van der Waals surface area contributed by atoms with Crippen LogP contribution in [0.2, 0.25) is 25.7 Å². The average Bonchev–Trinajstić information content (AvgIpc) is 2.80. The number of ether oxygens (including phenoxy) is 1. The van der Waals surface area contributed by atoms with E-state index in [9.17, 15) is 8.78 Å². The summed E-state index contributed by atoms with van der Waals surface area (Å²) in [6.07, 6.45) is -2.65. The zero-order valence-corrected chi connectivity index (χ0v) is 15.3. The van der Waals surface area contributed by atoms with Gasteiger partial charge in [0.25, 0.3) is 6.43 Å². The van der Waals surface area contributed by atoms with Crippen LogP contribution in [-0.2, 0) is 11.5 Å². The minimum atomic E-state index is -2.65. The van der Waals surface area contributed by atoms with Crippen molar-refractivity contribution < 1.29 is 13.5 Å². The van der Waals surface area contributed by atoms with Gasteiger partial charge in [-0.1, -0.05) is 19.6 Å². The standard InChI is InChI=1S/C14H22F2N4OSi.ClH/c1-22(2,3)7-6-21-9-20-12-8-10(19-17)4-5-11(12)18-14(20)13(15)16;/h4-5,8,13,19H,6-7,9,17H2,1-3H3;1H. The molecule has 0 unspecified atom stereocenters. The molecule has 23 heavy (non-hydrogen) atoms. The highest BCUT2D eigenvalue weighted by Crippen LogP contribution is 2.26. The number of hydrogen-bond acceptors (Lipinski definition) is 4. The fraction of sp³-hybridized carbons (Fsp3) is 0.500. The van der Waals surface area contributed by atoms with Crippen molar-refractivity contribution in [2.45, 2.75) is 38.8 Å². The molecule has 130 valence electrons. The molecule has 0 saturated carbocycles. The summed E-state index contributed by atoms with van der Waals surface area (Å²) >= 11 is 0. The van der Waals surface area contributed by atoms with Crippen LogP contribution < -0.4 is 11.3 Å². The molecule has 0 bridgehead atoms. The molecule has 2 aromatic rings. The molecular formula is C14H23ClF2N4OSi. The second-order valence-electron chi connectivity index (χ2n) is 6.39. The summed E-state index contributed by atoms with van der Waals surface area (Å²) in [4.78, 5) is 3.99. The van der Waals surface area contributed by atoms with Gasteiger partial charge in [0.15, 0.2) is 5.82 Å². The molecule has 1 aromatic heterocycles. The minimum Gasteiger partial charge on any atom is -0.361 e. The van der Waals surface area contributed by atoms with Crippen LogP contribution in [0.25, 0.3) is 11.0 Å². The summed E-state index contributed by atoms with van der Waals surface area (Å²) in [7, 11) is -1.21. The maximum absolute atomic E-state index is 13.2. The number of nitrogen functional groups attached to an aromatic ring is 1. The van der Waals surface area contributed by atoms with E-state index in [0.717, 1.165) is 6.04 Å². The Labute approximate surface area is 141 Å². The topological polar surface area (TPSA) is 65.1 Å². The van der Waals surface area contributed by atoms with Gasteiger partial charge in [-0.25, -0.2) is 13.8 Å². The molecule has 0 aliphatic rings. The Kier molecular flexibility index (Phi) is 6.94. The van der Waals surface area contributed by atoms with E-state index in [1.807, 2.05) is 0 Å². The van der Waals surface area contributed by atoms with Crippen molar-refractivity contribution in [3.05, 3.63) is 24.0 Å². The first-order valence-corrected chi connectivity index (χ1v) is 10.9. The highest BCUT2D eigenvalue weighted by molar-refractivity contribution is 6.76. The van der Waals surface area contributed by atoms with Crippen LogP contribution >= 0.6 is 12.4 Å². The molecule has 0 spiro atoms. The van der Waals surface area contributed by atoms with Gasteiger partial charge < -0.3 is 10.2 Å². The summed E-state index contributed by atoms with van der Waals surface area (Å²) in [6, 6.07) is 6.03. The lowest BCUT2D eigenvalue weighted by molar-refractivity contribution is 0.0718. The number of hydrazine groups is 1. The third kappa shape index (κ3) is 5.13. The van der Waals surface area contributed by atoms with Crippen molar-refractivity contribution in [1.29, 1.82) is 0 Å². The largest absolute Gasteiger partial charge is 0.361 e. The van der Waals surface area contributed by atoms with Gasteiger partial charge in [0, 0.05) is 14.7 Å². The van der Waals surface area contributed by atoms with Crippen LogP contribution in [-0.4, -0.2) is 24.2 Å². The van der Waals surface area contributed by atoms with Crippen LogP contribution in [0, 0.1) is 0 Å². The molecular weight excluding hydrogens is 342 g/mol. The van der Waals surface area contributed by atoms with Crippen molar-refractivity contribution in [3.63, 3.8) is 0 Å². The minimum absolute atomic E-state index is 0. The van der Waals surface area contributed by atoms with E-state index in [4.69, 9.17) is 10.6 Å². The van der Waals surface area contributed by atoms with E-state index in [2.05, 4.69) is 30.1 Å². The summed E-state index contributed by atoms with van der Waals surface area (Å²) in [5.74, 6) is 5.09. The van der Waals surface area contributed by atoms with E-state index in [1.165, 1.54) is 4.57 Å². The fourth-order valence-electron chi connectivity index (χ4n) is 2.07. The Hall–Kier alpha value is -1.22. The van der Waals surface area contributed by atoms with Crippen molar-refractivity contribution in [2.24, 2.45) is 5.84 Å². The predicted octanol–water partition coefficient (Wildman–Crippen LogP) is 3.99. The maximum Gasteiger partial charge on any atom is 0.295 e. The molecule has 0 fully saturated rings. The lowest BCUT2D eigenvalue weighted by Gasteiger charge is -2.16. The van der Waals surface area contributed by atoms with E-state index < -0.39 is 14.5 Å². The predicted molar refractivity (Wildman–Crippen MR) is 93.9 cm³/mol. The van der Waals surface area contributed by atoms with Crippen LogP contribution in [0.4, 0.5) is 14.5 Å². The first-order chi connectivity index (χ1) is 10.3. The third-order valence-corrected chi connectivity index (χ3v) is 5.06. The highest BCUT2D eigenvalue weighted by Gasteiger charge is 2.19. The third-order valence-electron chi connectivity index (χ3n) is 3.36. The van der Waals surface area contributed by atoms with Crippen LogP contribution in [0.5, 0.6) is 0 Å². The zero-order chi connectivity index (χ0) is 16.3. The SMILES string of the molecule is C[Si](C)(C)CCOCn1c(C(F)F)nc2ccc(NN)cc21.Cl. The number of rotatable bonds is 7. The van der Waals surface area contributed by atoms with E-state index in [-0.39, 0.29) is 25.0 Å². The average molecular weight is 365 g/mol. The second-order valence-corrected chi connectivity index (χ2v) is 12.0. The van der Waals surface area contributed by atoms with Crippen molar-refractivity contribution in [1.82, 2.24) is 9.55 Å². The number of benzene rings is 1. The Morgan fingerprint density at radius 1 is 1.35 bits per heavy atom. The van der Waals surface area contributed by atoms with Gasteiger partial charge in [-0.15, -0.1) is 12.4 Å². The summed E-state index contributed by atoms with van der Waals surface area (Å²) in [5, 5.41) is 0. The number of nitrogens with two attached hydrogens (primary N) is 1. The number of nitrogens with one attached hydrogen (secondary N) is 1. The quantitative estimate of drug-likeness (QED) is 0.337. The van der Waals surface area contributed by atoms with E-state index >= 15 is 0 Å². The highest BCUT2D eigenvalue weighted by atomic mass is 35.5. The number of halogens is 3. The normalized spacial score (nSPS) is 11.8. The lowest BCUT2D eigenvalue weighted by atomic mass is 10.3. The monoisotopic (exact) mass is 364 g/mol. The summed E-state index contributed by atoms with van der Waals surface area (Å²) in [5.41, 5.74) is 4.23. The zero-order valence-electron chi connectivity index (χ0n) is 13.5. The molecule has 0 aliphatic carbocycles. The number of nitrogens with zero attached hydrogens (tertiary/aromatic N) is 2. The van der Waals surface area contributed by atoms with Gasteiger partial charge in [0.2, 0.25) is 0 Å².